The number of carbonyl (C=O) groups is 1. The molecule has 0 saturated heterocycles. The summed E-state index contributed by atoms with van der Waals surface area (Å²) in [5.41, 5.74) is 2.90. The molecule has 5 heteroatoms. The van der Waals surface area contributed by atoms with Crippen molar-refractivity contribution in [2.24, 2.45) is 12.0 Å². The Labute approximate surface area is 137 Å². The van der Waals surface area contributed by atoms with Crippen LogP contribution in [-0.4, -0.2) is 10.5 Å². The van der Waals surface area contributed by atoms with E-state index in [4.69, 9.17) is 11.6 Å². The summed E-state index contributed by atoms with van der Waals surface area (Å²) in [6.07, 6.45) is 0.948. The largest absolute Gasteiger partial charge is 0.319 e. The molecule has 1 heterocycles. The number of nitrogens with zero attached hydrogens (tertiary/aromatic N) is 2. The summed E-state index contributed by atoms with van der Waals surface area (Å²) in [7, 11) is 1.95. The van der Waals surface area contributed by atoms with Crippen LogP contribution in [0.5, 0.6) is 0 Å². The highest BCUT2D eigenvalue weighted by Crippen LogP contribution is 2.21. The third-order valence-electron chi connectivity index (χ3n) is 3.56. The van der Waals surface area contributed by atoms with Gasteiger partial charge in [0.25, 0.3) is 5.91 Å². The van der Waals surface area contributed by atoms with Crippen molar-refractivity contribution < 1.29 is 4.79 Å². The van der Waals surface area contributed by atoms with E-state index in [-0.39, 0.29) is 5.91 Å². The van der Waals surface area contributed by atoms with Crippen molar-refractivity contribution >= 4 is 39.1 Å². The van der Waals surface area contributed by atoms with Gasteiger partial charge >= 0.3 is 0 Å². The van der Waals surface area contributed by atoms with Crippen LogP contribution in [0, 0.1) is 0 Å². The average Bonchev–Trinajstić information content (AvgIpc) is 2.83. The molecule has 0 bridgehead atoms. The van der Waals surface area contributed by atoms with Crippen LogP contribution in [0.2, 0.25) is 5.02 Å². The van der Waals surface area contributed by atoms with E-state index in [1.165, 1.54) is 16.9 Å². The Kier molecular flexibility index (Phi) is 4.14. The van der Waals surface area contributed by atoms with E-state index in [2.05, 4.69) is 24.0 Å². The molecule has 1 amide bonds. The fourth-order valence-electron chi connectivity index (χ4n) is 2.45. The van der Waals surface area contributed by atoms with E-state index >= 15 is 0 Å². The number of para-hydroxylation sites is 1. The normalized spacial score (nSPS) is 12.0. The third-order valence-corrected chi connectivity index (χ3v) is 4.89. The number of benzene rings is 2. The fourth-order valence-corrected chi connectivity index (χ4v) is 3.70. The molecule has 3 aromatic rings. The number of halogens is 1. The molecule has 0 unspecified atom stereocenters. The lowest BCUT2D eigenvalue weighted by Gasteiger charge is -2.02. The number of thiazole rings is 1. The van der Waals surface area contributed by atoms with Crippen LogP contribution in [0.15, 0.2) is 47.5 Å². The molecule has 0 spiro atoms. The zero-order valence-corrected chi connectivity index (χ0v) is 13.9. The van der Waals surface area contributed by atoms with Crippen LogP contribution in [0.1, 0.15) is 22.8 Å². The van der Waals surface area contributed by atoms with Crippen molar-refractivity contribution in [2.45, 2.75) is 13.3 Å². The number of aromatic nitrogens is 1. The Morgan fingerprint density at radius 1 is 1.27 bits per heavy atom. The first kappa shape index (κ1) is 15.0. The third kappa shape index (κ3) is 2.72. The minimum Gasteiger partial charge on any atom is -0.319 e. The monoisotopic (exact) mass is 330 g/mol. The van der Waals surface area contributed by atoms with Crippen LogP contribution >= 0.6 is 22.9 Å². The summed E-state index contributed by atoms with van der Waals surface area (Å²) >= 11 is 7.45. The van der Waals surface area contributed by atoms with Gasteiger partial charge in [0.2, 0.25) is 0 Å². The molecule has 22 heavy (non-hydrogen) atoms. The minimum atomic E-state index is -0.275. The van der Waals surface area contributed by atoms with Gasteiger partial charge in [-0.25, -0.2) is 0 Å². The van der Waals surface area contributed by atoms with Crippen LogP contribution in [0.4, 0.5) is 0 Å². The zero-order chi connectivity index (χ0) is 15.7. The first-order valence-electron chi connectivity index (χ1n) is 7.02. The predicted octanol–water partition coefficient (Wildman–Crippen LogP) is 4.20. The molecular weight excluding hydrogens is 316 g/mol. The Morgan fingerprint density at radius 2 is 2.05 bits per heavy atom. The highest BCUT2D eigenvalue weighted by Gasteiger charge is 2.09. The molecule has 3 rings (SSSR count). The Bertz CT molecular complexity index is 924. The van der Waals surface area contributed by atoms with E-state index < -0.39 is 0 Å². The van der Waals surface area contributed by atoms with E-state index in [1.54, 1.807) is 24.3 Å². The van der Waals surface area contributed by atoms with Gasteiger partial charge < -0.3 is 4.57 Å². The molecule has 3 nitrogen and oxygen atoms in total. The molecule has 0 aliphatic heterocycles. The molecule has 0 aliphatic carbocycles. The molecule has 0 atom stereocenters. The number of amides is 1. The van der Waals surface area contributed by atoms with Gasteiger partial charge in [0.15, 0.2) is 4.80 Å². The SMILES string of the molecule is CCc1cccc2sc(=NC(=O)c3cccc(Cl)c3)n(C)c12. The van der Waals surface area contributed by atoms with Gasteiger partial charge in [0, 0.05) is 17.6 Å². The van der Waals surface area contributed by atoms with Gasteiger partial charge in [0.05, 0.1) is 10.2 Å². The molecule has 0 N–H and O–H groups in total. The lowest BCUT2D eigenvalue weighted by molar-refractivity contribution is 0.0998. The molecular formula is C17H15ClN2OS. The standard InChI is InChI=1S/C17H15ClN2OS/c1-3-11-6-5-9-14-15(11)20(2)17(22-14)19-16(21)12-7-4-8-13(18)10-12/h4-10H,3H2,1-2H3. The molecule has 0 aliphatic rings. The van der Waals surface area contributed by atoms with Crippen molar-refractivity contribution in [3.63, 3.8) is 0 Å². The summed E-state index contributed by atoms with van der Waals surface area (Å²) in [5.74, 6) is -0.275. The second-order valence-corrected chi connectivity index (χ2v) is 6.43. The number of carbonyl (C=O) groups excluding carboxylic acids is 1. The lowest BCUT2D eigenvalue weighted by Crippen LogP contribution is -2.13. The van der Waals surface area contributed by atoms with E-state index in [1.807, 2.05) is 17.7 Å². The zero-order valence-electron chi connectivity index (χ0n) is 12.3. The van der Waals surface area contributed by atoms with Crippen molar-refractivity contribution in [3.8, 4) is 0 Å². The van der Waals surface area contributed by atoms with Crippen LogP contribution in [-0.2, 0) is 13.5 Å². The van der Waals surface area contributed by atoms with Crippen LogP contribution < -0.4 is 4.80 Å². The van der Waals surface area contributed by atoms with Gasteiger partial charge in [-0.05, 0) is 36.2 Å². The van der Waals surface area contributed by atoms with Crippen molar-refractivity contribution in [2.75, 3.05) is 0 Å². The summed E-state index contributed by atoms with van der Waals surface area (Å²) in [6, 6.07) is 13.1. The van der Waals surface area contributed by atoms with E-state index in [9.17, 15) is 4.79 Å². The first-order valence-corrected chi connectivity index (χ1v) is 8.21. The maximum Gasteiger partial charge on any atom is 0.279 e. The highest BCUT2D eigenvalue weighted by atomic mass is 35.5. The first-order chi connectivity index (χ1) is 10.6. The topological polar surface area (TPSA) is 34.4 Å². The van der Waals surface area contributed by atoms with Crippen molar-refractivity contribution in [1.82, 2.24) is 4.57 Å². The predicted molar refractivity (Wildman–Crippen MR) is 91.5 cm³/mol. The van der Waals surface area contributed by atoms with Gasteiger partial charge in [-0.2, -0.15) is 4.99 Å². The maximum absolute atomic E-state index is 12.3. The van der Waals surface area contributed by atoms with Gasteiger partial charge in [-0.1, -0.05) is 48.1 Å². The van der Waals surface area contributed by atoms with Crippen LogP contribution in [0.25, 0.3) is 10.2 Å². The summed E-state index contributed by atoms with van der Waals surface area (Å²) < 4.78 is 3.13. The van der Waals surface area contributed by atoms with Gasteiger partial charge in [-0.15, -0.1) is 0 Å². The lowest BCUT2D eigenvalue weighted by atomic mass is 10.1. The number of hydrogen-bond acceptors (Lipinski definition) is 2. The summed E-state index contributed by atoms with van der Waals surface area (Å²) in [4.78, 5) is 17.3. The number of rotatable bonds is 2. The van der Waals surface area contributed by atoms with Gasteiger partial charge in [0.1, 0.15) is 0 Å². The Hall–Kier alpha value is -1.91. The smallest absolute Gasteiger partial charge is 0.279 e. The number of hydrogen-bond donors (Lipinski definition) is 0. The molecule has 112 valence electrons. The van der Waals surface area contributed by atoms with E-state index in [0.717, 1.165) is 16.6 Å². The van der Waals surface area contributed by atoms with E-state index in [0.29, 0.717) is 15.4 Å². The Morgan fingerprint density at radius 3 is 2.77 bits per heavy atom. The van der Waals surface area contributed by atoms with Crippen LogP contribution in [0.3, 0.4) is 0 Å². The maximum atomic E-state index is 12.3. The fraction of sp³-hybridized carbons (Fsp3) is 0.176. The van der Waals surface area contributed by atoms with Crippen molar-refractivity contribution in [1.29, 1.82) is 0 Å². The van der Waals surface area contributed by atoms with Gasteiger partial charge in [-0.3, -0.25) is 4.79 Å². The second kappa shape index (κ2) is 6.07. The number of aryl methyl sites for hydroxylation is 2. The molecule has 2 aromatic carbocycles. The average molecular weight is 331 g/mol. The van der Waals surface area contributed by atoms with Crippen molar-refractivity contribution in [3.05, 3.63) is 63.4 Å². The quantitative estimate of drug-likeness (QED) is 0.693. The Balaban J connectivity index is 2.14. The summed E-state index contributed by atoms with van der Waals surface area (Å²) in [6.45, 7) is 2.13. The molecule has 1 aromatic heterocycles. The molecule has 0 saturated carbocycles. The second-order valence-electron chi connectivity index (χ2n) is 4.99. The summed E-state index contributed by atoms with van der Waals surface area (Å²) in [5, 5.41) is 0.537. The number of fused-ring (bicyclic) bond motifs is 1. The highest BCUT2D eigenvalue weighted by molar-refractivity contribution is 7.16. The minimum absolute atomic E-state index is 0.275. The molecule has 0 fully saturated rings. The molecule has 0 radical (unpaired) electrons.